The largest absolute Gasteiger partial charge is 0.397 e. The van der Waals surface area contributed by atoms with E-state index in [9.17, 15) is 38.2 Å². The lowest BCUT2D eigenvalue weighted by atomic mass is 9.99. The van der Waals surface area contributed by atoms with Crippen molar-refractivity contribution in [1.82, 2.24) is 5.32 Å². The SMILES string of the molecule is CCCCCCCCCC/C=C\CCCCCCCCCC(=O)NC(COC1OC(CO)C(O)C(OS(=O)(=O)O)C1O)C(O)CCCCCCCCCCCCCCCCCCCCCCCCCCC. The highest BCUT2D eigenvalue weighted by molar-refractivity contribution is 7.80. The van der Waals surface area contributed by atoms with E-state index in [1.54, 1.807) is 0 Å². The molecule has 0 saturated carbocycles. The fraction of sp³-hybridized carbons (Fsp3) is 0.948. The number of allylic oxidation sites excluding steroid dienone is 2. The molecular weight excluding hydrogens is 919 g/mol. The number of amides is 1. The van der Waals surface area contributed by atoms with Crippen LogP contribution in [0.4, 0.5) is 0 Å². The number of carbonyl (C=O) groups excluding carboxylic acids is 1. The smallest absolute Gasteiger partial charge is 0.394 e. The monoisotopic (exact) mass is 1030 g/mol. The molecule has 1 aliphatic rings. The Morgan fingerprint density at radius 1 is 0.549 bits per heavy atom. The standard InChI is InChI=1S/C58H113NO11S/c1-3-5-7-9-11-13-15-17-19-21-23-24-25-26-27-28-30-31-33-35-37-39-41-43-45-47-52(61)51(50-68-58-56(64)57(70-71(65,66)67)55(63)53(49-60)69-58)59-54(62)48-46-44-42-40-38-36-34-32-29-22-20-18-16-14-12-10-8-6-4-2/h22,29,51-53,55-58,60-61,63-64H,3-21,23-28,30-50H2,1-2H3,(H,59,62)(H,65,66,67)/b29-22-. The third-order valence-corrected chi connectivity index (χ3v) is 15.0. The number of rotatable bonds is 53. The first kappa shape index (κ1) is 67.9. The molecule has 7 unspecified atom stereocenters. The lowest BCUT2D eigenvalue weighted by Crippen LogP contribution is -2.61. The minimum absolute atomic E-state index is 0.229. The summed E-state index contributed by atoms with van der Waals surface area (Å²) < 4.78 is 48.0. The molecule has 12 nitrogen and oxygen atoms in total. The zero-order valence-corrected chi connectivity index (χ0v) is 46.6. The molecule has 0 aromatic rings. The Bertz CT molecular complexity index is 1310. The summed E-state index contributed by atoms with van der Waals surface area (Å²) in [7, 11) is -5.08. The highest BCUT2D eigenvalue weighted by atomic mass is 32.3. The van der Waals surface area contributed by atoms with Gasteiger partial charge < -0.3 is 35.2 Å². The normalized spacial score (nSPS) is 19.5. The van der Waals surface area contributed by atoms with Crippen LogP contribution < -0.4 is 5.32 Å². The molecule has 0 radical (unpaired) electrons. The summed E-state index contributed by atoms with van der Waals surface area (Å²) in [6.45, 7) is 3.50. The summed E-state index contributed by atoms with van der Waals surface area (Å²) in [4.78, 5) is 13.1. The van der Waals surface area contributed by atoms with E-state index in [-0.39, 0.29) is 18.9 Å². The molecule has 7 atom stereocenters. The molecule has 1 saturated heterocycles. The fourth-order valence-corrected chi connectivity index (χ4v) is 10.4. The molecule has 422 valence electrons. The van der Waals surface area contributed by atoms with Crippen LogP contribution in [-0.2, 0) is 28.9 Å². The van der Waals surface area contributed by atoms with Crippen LogP contribution in [0.25, 0.3) is 0 Å². The molecule has 13 heteroatoms. The summed E-state index contributed by atoms with van der Waals surface area (Å²) in [5, 5.41) is 45.2. The maximum Gasteiger partial charge on any atom is 0.397 e. The van der Waals surface area contributed by atoms with Gasteiger partial charge in [0.25, 0.3) is 0 Å². The average Bonchev–Trinajstić information content (AvgIpc) is 3.34. The molecule has 0 aromatic heterocycles. The van der Waals surface area contributed by atoms with Gasteiger partial charge in [-0.3, -0.25) is 9.35 Å². The van der Waals surface area contributed by atoms with Crippen LogP contribution in [0.15, 0.2) is 12.2 Å². The summed E-state index contributed by atoms with van der Waals surface area (Å²) in [5.74, 6) is -0.229. The maximum atomic E-state index is 13.1. The number of unbranched alkanes of at least 4 members (excludes halogenated alkanes) is 39. The van der Waals surface area contributed by atoms with Crippen molar-refractivity contribution in [2.24, 2.45) is 0 Å². The van der Waals surface area contributed by atoms with Gasteiger partial charge in [-0.2, -0.15) is 8.42 Å². The molecule has 0 spiro atoms. The Labute approximate surface area is 436 Å². The van der Waals surface area contributed by atoms with Gasteiger partial charge in [0.05, 0.1) is 25.4 Å². The van der Waals surface area contributed by atoms with E-state index >= 15 is 0 Å². The third-order valence-electron chi connectivity index (χ3n) is 14.6. The quantitative estimate of drug-likeness (QED) is 0.0193. The molecule has 0 aliphatic carbocycles. The van der Waals surface area contributed by atoms with E-state index in [0.29, 0.717) is 12.8 Å². The van der Waals surface area contributed by atoms with Crippen molar-refractivity contribution in [1.29, 1.82) is 0 Å². The Morgan fingerprint density at radius 2 is 0.901 bits per heavy atom. The van der Waals surface area contributed by atoms with Crippen LogP contribution in [0, 0.1) is 0 Å². The van der Waals surface area contributed by atoms with Gasteiger partial charge in [-0.15, -0.1) is 0 Å². The molecule has 1 amide bonds. The van der Waals surface area contributed by atoms with Crippen LogP contribution in [0.3, 0.4) is 0 Å². The second-order valence-electron chi connectivity index (χ2n) is 21.3. The summed E-state index contributed by atoms with van der Waals surface area (Å²) in [6.07, 6.45) is 49.3. The van der Waals surface area contributed by atoms with Gasteiger partial charge in [0.2, 0.25) is 5.91 Å². The molecular formula is C58H113NO11S. The number of ether oxygens (including phenoxy) is 2. The predicted octanol–water partition coefficient (Wildman–Crippen LogP) is 14.2. The molecule has 0 aromatic carbocycles. The Kier molecular flexibility index (Phi) is 46.3. The zero-order valence-electron chi connectivity index (χ0n) is 45.8. The van der Waals surface area contributed by atoms with Crippen molar-refractivity contribution in [3.63, 3.8) is 0 Å². The van der Waals surface area contributed by atoms with Gasteiger partial charge in [0, 0.05) is 6.42 Å². The number of aliphatic hydroxyl groups is 4. The number of carbonyl (C=O) groups is 1. The Morgan fingerprint density at radius 3 is 1.27 bits per heavy atom. The molecule has 1 rings (SSSR count). The maximum absolute atomic E-state index is 13.1. The van der Waals surface area contributed by atoms with Crippen molar-refractivity contribution in [3.05, 3.63) is 12.2 Å². The first-order valence-electron chi connectivity index (χ1n) is 30.1. The molecule has 1 fully saturated rings. The van der Waals surface area contributed by atoms with Gasteiger partial charge in [0.1, 0.15) is 24.4 Å². The summed E-state index contributed by atoms with van der Waals surface area (Å²) >= 11 is 0. The number of hydrogen-bond donors (Lipinski definition) is 6. The minimum Gasteiger partial charge on any atom is -0.394 e. The molecule has 6 N–H and O–H groups in total. The predicted molar refractivity (Wildman–Crippen MR) is 292 cm³/mol. The highest BCUT2D eigenvalue weighted by Crippen LogP contribution is 2.26. The molecule has 0 bridgehead atoms. The van der Waals surface area contributed by atoms with E-state index < -0.39 is 59.9 Å². The van der Waals surface area contributed by atoms with E-state index in [2.05, 4.69) is 35.5 Å². The Hall–Kier alpha value is -1.16. The van der Waals surface area contributed by atoms with Crippen LogP contribution >= 0.6 is 0 Å². The second-order valence-corrected chi connectivity index (χ2v) is 22.3. The van der Waals surface area contributed by atoms with E-state index in [0.717, 1.165) is 51.4 Å². The third kappa shape index (κ3) is 40.8. The van der Waals surface area contributed by atoms with E-state index in [1.165, 1.54) is 212 Å². The molecule has 71 heavy (non-hydrogen) atoms. The van der Waals surface area contributed by atoms with Gasteiger partial charge in [0.15, 0.2) is 6.29 Å². The van der Waals surface area contributed by atoms with E-state index in [1.807, 2.05) is 0 Å². The highest BCUT2D eigenvalue weighted by Gasteiger charge is 2.48. The number of nitrogens with one attached hydrogen (secondary N) is 1. The first-order valence-corrected chi connectivity index (χ1v) is 31.4. The number of hydrogen-bond acceptors (Lipinski definition) is 10. The molecule has 1 aliphatic heterocycles. The van der Waals surface area contributed by atoms with Crippen molar-refractivity contribution in [3.8, 4) is 0 Å². The van der Waals surface area contributed by atoms with Gasteiger partial charge >= 0.3 is 10.4 Å². The van der Waals surface area contributed by atoms with Crippen LogP contribution in [-0.4, -0.2) is 95.4 Å². The van der Waals surface area contributed by atoms with Crippen LogP contribution in [0.1, 0.15) is 296 Å². The minimum atomic E-state index is -5.08. The Balaban J connectivity index is 2.33. The van der Waals surface area contributed by atoms with Gasteiger partial charge in [-0.05, 0) is 38.5 Å². The topological polar surface area (TPSA) is 192 Å². The summed E-state index contributed by atoms with van der Waals surface area (Å²) in [6, 6.07) is -0.859. The van der Waals surface area contributed by atoms with Crippen molar-refractivity contribution >= 4 is 16.3 Å². The molecule has 1 heterocycles. The lowest BCUT2D eigenvalue weighted by Gasteiger charge is -2.41. The first-order chi connectivity index (χ1) is 34.5. The van der Waals surface area contributed by atoms with Crippen molar-refractivity contribution in [2.75, 3.05) is 13.2 Å². The van der Waals surface area contributed by atoms with Gasteiger partial charge in [-0.25, -0.2) is 4.18 Å². The van der Waals surface area contributed by atoms with Crippen LogP contribution in [0.5, 0.6) is 0 Å². The number of aliphatic hydroxyl groups excluding tert-OH is 4. The summed E-state index contributed by atoms with van der Waals surface area (Å²) in [5.41, 5.74) is 0. The second kappa shape index (κ2) is 48.5. The fourth-order valence-electron chi connectivity index (χ4n) is 9.93. The average molecular weight is 1030 g/mol. The zero-order chi connectivity index (χ0) is 51.9. The lowest BCUT2D eigenvalue weighted by molar-refractivity contribution is -0.298. The van der Waals surface area contributed by atoms with E-state index in [4.69, 9.17) is 9.47 Å². The van der Waals surface area contributed by atoms with Crippen molar-refractivity contribution in [2.45, 2.75) is 339 Å². The van der Waals surface area contributed by atoms with Crippen LogP contribution in [0.2, 0.25) is 0 Å². The van der Waals surface area contributed by atoms with Gasteiger partial charge in [-0.1, -0.05) is 264 Å². The van der Waals surface area contributed by atoms with Crippen molar-refractivity contribution < 1.29 is 51.8 Å².